The molecular weight excluding hydrogens is 262 g/mol. The maximum absolute atomic E-state index is 6.06. The largest absolute Gasteiger partial charge is 0.492 e. The monoisotopic (exact) mass is 285 g/mol. The van der Waals surface area contributed by atoms with E-state index in [-0.39, 0.29) is 6.04 Å². The summed E-state index contributed by atoms with van der Waals surface area (Å²) in [5.74, 6) is 2.89. The van der Waals surface area contributed by atoms with E-state index in [1.54, 1.807) is 0 Å². The standard InChI is InChI=1S/C18H23NO2/c1-3-14(2)18(19)13-20-15-9-11-17(12-10-15)21-16-7-5-4-6-8-16/h4-12,14,18H,3,13,19H2,1-2H3. The fourth-order valence-corrected chi connectivity index (χ4v) is 1.89. The van der Waals surface area contributed by atoms with Gasteiger partial charge in [0.25, 0.3) is 0 Å². The van der Waals surface area contributed by atoms with Crippen molar-refractivity contribution in [1.82, 2.24) is 0 Å². The van der Waals surface area contributed by atoms with Crippen LogP contribution in [0.15, 0.2) is 54.6 Å². The SMILES string of the molecule is CCC(C)C(N)COc1ccc(Oc2ccccc2)cc1. The van der Waals surface area contributed by atoms with Crippen LogP contribution in [0.5, 0.6) is 17.2 Å². The molecule has 2 atom stereocenters. The van der Waals surface area contributed by atoms with Crippen LogP contribution in [0.1, 0.15) is 20.3 Å². The minimum absolute atomic E-state index is 0.0650. The smallest absolute Gasteiger partial charge is 0.127 e. The van der Waals surface area contributed by atoms with E-state index in [0.717, 1.165) is 23.7 Å². The Morgan fingerprint density at radius 1 is 0.905 bits per heavy atom. The molecule has 0 spiro atoms. The van der Waals surface area contributed by atoms with Gasteiger partial charge in [0.05, 0.1) is 0 Å². The minimum Gasteiger partial charge on any atom is -0.492 e. The summed E-state index contributed by atoms with van der Waals surface area (Å²) in [7, 11) is 0. The van der Waals surface area contributed by atoms with Crippen LogP contribution in [-0.4, -0.2) is 12.6 Å². The fraction of sp³-hybridized carbons (Fsp3) is 0.333. The van der Waals surface area contributed by atoms with Gasteiger partial charge < -0.3 is 15.2 Å². The molecule has 2 aromatic rings. The van der Waals surface area contributed by atoms with E-state index in [1.165, 1.54) is 0 Å². The van der Waals surface area contributed by atoms with E-state index in [0.29, 0.717) is 12.5 Å². The molecule has 0 saturated carbocycles. The third kappa shape index (κ3) is 4.80. The number of rotatable bonds is 7. The molecule has 0 aliphatic carbocycles. The van der Waals surface area contributed by atoms with E-state index in [9.17, 15) is 0 Å². The van der Waals surface area contributed by atoms with Crippen molar-refractivity contribution in [2.45, 2.75) is 26.3 Å². The Morgan fingerprint density at radius 2 is 1.48 bits per heavy atom. The first-order chi connectivity index (χ1) is 10.2. The maximum atomic E-state index is 6.06. The quantitative estimate of drug-likeness (QED) is 0.828. The number of benzene rings is 2. The first-order valence-corrected chi connectivity index (χ1v) is 7.40. The van der Waals surface area contributed by atoms with Crippen LogP contribution < -0.4 is 15.2 Å². The van der Waals surface area contributed by atoms with Crippen LogP contribution in [0, 0.1) is 5.92 Å². The van der Waals surface area contributed by atoms with Gasteiger partial charge in [0.1, 0.15) is 23.9 Å². The number of ether oxygens (including phenoxy) is 2. The molecule has 2 aromatic carbocycles. The number of nitrogens with two attached hydrogens (primary N) is 1. The van der Waals surface area contributed by atoms with Gasteiger partial charge in [-0.2, -0.15) is 0 Å². The van der Waals surface area contributed by atoms with E-state index >= 15 is 0 Å². The van der Waals surface area contributed by atoms with Gasteiger partial charge >= 0.3 is 0 Å². The highest BCUT2D eigenvalue weighted by molar-refractivity contribution is 5.35. The van der Waals surface area contributed by atoms with Gasteiger partial charge in [-0.15, -0.1) is 0 Å². The van der Waals surface area contributed by atoms with Crippen molar-refractivity contribution >= 4 is 0 Å². The van der Waals surface area contributed by atoms with Gasteiger partial charge in [-0.3, -0.25) is 0 Å². The molecule has 0 aliphatic rings. The summed E-state index contributed by atoms with van der Waals surface area (Å²) >= 11 is 0. The average molecular weight is 285 g/mol. The summed E-state index contributed by atoms with van der Waals surface area (Å²) < 4.78 is 11.4. The fourth-order valence-electron chi connectivity index (χ4n) is 1.89. The third-order valence-corrected chi connectivity index (χ3v) is 3.62. The normalized spacial score (nSPS) is 13.5. The molecule has 2 unspecified atom stereocenters. The highest BCUT2D eigenvalue weighted by atomic mass is 16.5. The number of para-hydroxylation sites is 1. The number of hydrogen-bond acceptors (Lipinski definition) is 3. The van der Waals surface area contributed by atoms with Crippen molar-refractivity contribution in [3.63, 3.8) is 0 Å². The average Bonchev–Trinajstić information content (AvgIpc) is 2.54. The molecule has 0 fully saturated rings. The highest BCUT2D eigenvalue weighted by Gasteiger charge is 2.11. The summed E-state index contributed by atoms with van der Waals surface area (Å²) in [5, 5.41) is 0. The van der Waals surface area contributed by atoms with Crippen molar-refractivity contribution in [1.29, 1.82) is 0 Å². The lowest BCUT2D eigenvalue weighted by molar-refractivity contribution is 0.250. The number of hydrogen-bond donors (Lipinski definition) is 1. The van der Waals surface area contributed by atoms with Gasteiger partial charge in [-0.1, -0.05) is 38.5 Å². The van der Waals surface area contributed by atoms with Gasteiger partial charge in [0, 0.05) is 6.04 Å². The Balaban J connectivity index is 1.87. The maximum Gasteiger partial charge on any atom is 0.127 e. The van der Waals surface area contributed by atoms with E-state index in [2.05, 4.69) is 13.8 Å². The summed E-state index contributed by atoms with van der Waals surface area (Å²) in [6.45, 7) is 4.82. The Kier molecular flexibility index (Phi) is 5.64. The Labute approximate surface area is 126 Å². The Morgan fingerprint density at radius 3 is 2.10 bits per heavy atom. The molecule has 21 heavy (non-hydrogen) atoms. The third-order valence-electron chi connectivity index (χ3n) is 3.62. The molecule has 3 heteroatoms. The summed E-state index contributed by atoms with van der Waals surface area (Å²) in [6, 6.07) is 17.4. The lowest BCUT2D eigenvalue weighted by Gasteiger charge is -2.18. The minimum atomic E-state index is 0.0650. The second-order valence-electron chi connectivity index (χ2n) is 5.25. The second kappa shape index (κ2) is 7.70. The van der Waals surface area contributed by atoms with E-state index < -0.39 is 0 Å². The van der Waals surface area contributed by atoms with Gasteiger partial charge in [0.2, 0.25) is 0 Å². The molecular formula is C18H23NO2. The summed E-state index contributed by atoms with van der Waals surface area (Å²) in [4.78, 5) is 0. The second-order valence-corrected chi connectivity index (χ2v) is 5.25. The van der Waals surface area contributed by atoms with E-state index in [4.69, 9.17) is 15.2 Å². The van der Waals surface area contributed by atoms with Crippen LogP contribution in [0.2, 0.25) is 0 Å². The van der Waals surface area contributed by atoms with Crippen LogP contribution in [0.4, 0.5) is 0 Å². The Bertz CT molecular complexity index is 525. The van der Waals surface area contributed by atoms with Crippen LogP contribution in [0.25, 0.3) is 0 Å². The molecule has 0 saturated heterocycles. The molecule has 112 valence electrons. The molecule has 0 bridgehead atoms. The van der Waals surface area contributed by atoms with Crippen molar-refractivity contribution in [3.8, 4) is 17.2 Å². The van der Waals surface area contributed by atoms with Crippen molar-refractivity contribution in [2.75, 3.05) is 6.61 Å². The molecule has 0 radical (unpaired) electrons. The predicted molar refractivity (Wildman–Crippen MR) is 85.9 cm³/mol. The van der Waals surface area contributed by atoms with Crippen molar-refractivity contribution < 1.29 is 9.47 Å². The highest BCUT2D eigenvalue weighted by Crippen LogP contribution is 2.23. The molecule has 0 aromatic heterocycles. The van der Waals surface area contributed by atoms with Crippen LogP contribution in [0.3, 0.4) is 0 Å². The van der Waals surface area contributed by atoms with Crippen LogP contribution >= 0.6 is 0 Å². The zero-order valence-corrected chi connectivity index (χ0v) is 12.7. The van der Waals surface area contributed by atoms with Gasteiger partial charge in [0.15, 0.2) is 0 Å². The summed E-state index contributed by atoms with van der Waals surface area (Å²) in [5.41, 5.74) is 6.06. The summed E-state index contributed by atoms with van der Waals surface area (Å²) in [6.07, 6.45) is 1.06. The first kappa shape index (κ1) is 15.4. The van der Waals surface area contributed by atoms with Gasteiger partial charge in [-0.25, -0.2) is 0 Å². The lowest BCUT2D eigenvalue weighted by Crippen LogP contribution is -2.34. The zero-order chi connectivity index (χ0) is 15.1. The molecule has 0 amide bonds. The van der Waals surface area contributed by atoms with Crippen molar-refractivity contribution in [3.05, 3.63) is 54.6 Å². The Hall–Kier alpha value is -2.00. The molecule has 0 heterocycles. The van der Waals surface area contributed by atoms with Crippen molar-refractivity contribution in [2.24, 2.45) is 11.7 Å². The zero-order valence-electron chi connectivity index (χ0n) is 12.7. The first-order valence-electron chi connectivity index (χ1n) is 7.40. The lowest BCUT2D eigenvalue weighted by atomic mass is 10.0. The predicted octanol–water partition coefficient (Wildman–Crippen LogP) is 4.23. The molecule has 3 nitrogen and oxygen atoms in total. The molecule has 2 N–H and O–H groups in total. The van der Waals surface area contributed by atoms with Gasteiger partial charge in [-0.05, 0) is 42.3 Å². The molecule has 2 rings (SSSR count). The van der Waals surface area contributed by atoms with E-state index in [1.807, 2.05) is 54.6 Å². The topological polar surface area (TPSA) is 44.5 Å². The molecule has 0 aliphatic heterocycles. The van der Waals surface area contributed by atoms with Crippen LogP contribution in [-0.2, 0) is 0 Å².